The summed E-state index contributed by atoms with van der Waals surface area (Å²) in [7, 11) is 0. The molecule has 0 unspecified atom stereocenters. The number of hydrogen-bond acceptors (Lipinski definition) is 3. The van der Waals surface area contributed by atoms with Gasteiger partial charge in [-0.3, -0.25) is 4.79 Å². The first-order valence-corrected chi connectivity index (χ1v) is 7.34. The number of fused-ring (bicyclic) bond motifs is 1. The molecule has 0 aliphatic heterocycles. The molecule has 2 aromatic carbocycles. The van der Waals surface area contributed by atoms with Gasteiger partial charge in [0.1, 0.15) is 5.01 Å². The number of carbonyl (C=O) groups excluding carboxylic acids is 1. The van der Waals surface area contributed by atoms with Crippen LogP contribution in [0.1, 0.15) is 13.3 Å². The summed E-state index contributed by atoms with van der Waals surface area (Å²) in [4.78, 5) is 16.0. The molecular weight excluding hydrogens is 268 g/mol. The first-order valence-electron chi connectivity index (χ1n) is 6.52. The molecule has 0 aliphatic rings. The lowest BCUT2D eigenvalue weighted by Gasteiger charge is -2.03. The molecule has 0 spiro atoms. The van der Waals surface area contributed by atoms with Crippen LogP contribution in [0.4, 0.5) is 5.69 Å². The molecule has 20 heavy (non-hydrogen) atoms. The van der Waals surface area contributed by atoms with Crippen LogP contribution in [0.25, 0.3) is 20.8 Å². The fraction of sp³-hybridized carbons (Fsp3) is 0.125. The first kappa shape index (κ1) is 12.8. The number of para-hydroxylation sites is 1. The molecule has 0 fully saturated rings. The van der Waals surface area contributed by atoms with Crippen molar-refractivity contribution in [1.82, 2.24) is 4.98 Å². The van der Waals surface area contributed by atoms with Crippen molar-refractivity contribution in [3.05, 3.63) is 48.5 Å². The predicted molar refractivity (Wildman–Crippen MR) is 84.0 cm³/mol. The molecule has 1 heterocycles. The second-order valence-corrected chi connectivity index (χ2v) is 5.50. The second-order valence-electron chi connectivity index (χ2n) is 4.47. The van der Waals surface area contributed by atoms with Gasteiger partial charge in [-0.15, -0.1) is 11.3 Å². The Morgan fingerprint density at radius 2 is 1.90 bits per heavy atom. The van der Waals surface area contributed by atoms with E-state index in [4.69, 9.17) is 0 Å². The fourth-order valence-electron chi connectivity index (χ4n) is 1.94. The van der Waals surface area contributed by atoms with Crippen LogP contribution < -0.4 is 5.32 Å². The van der Waals surface area contributed by atoms with E-state index in [2.05, 4.69) is 16.4 Å². The number of rotatable bonds is 3. The summed E-state index contributed by atoms with van der Waals surface area (Å²) >= 11 is 1.68. The summed E-state index contributed by atoms with van der Waals surface area (Å²) in [6.07, 6.45) is 0.486. The zero-order valence-corrected chi connectivity index (χ0v) is 11.9. The Balaban J connectivity index is 1.88. The minimum Gasteiger partial charge on any atom is -0.326 e. The summed E-state index contributed by atoms with van der Waals surface area (Å²) in [6.45, 7) is 1.84. The molecule has 0 bridgehead atoms. The van der Waals surface area contributed by atoms with E-state index < -0.39 is 0 Å². The van der Waals surface area contributed by atoms with Crippen molar-refractivity contribution in [3.8, 4) is 10.6 Å². The molecule has 0 saturated carbocycles. The highest BCUT2D eigenvalue weighted by Crippen LogP contribution is 2.30. The van der Waals surface area contributed by atoms with Crippen molar-refractivity contribution in [2.24, 2.45) is 0 Å². The molecule has 1 aromatic heterocycles. The number of amides is 1. The van der Waals surface area contributed by atoms with E-state index in [0.29, 0.717) is 6.42 Å². The van der Waals surface area contributed by atoms with Gasteiger partial charge in [-0.1, -0.05) is 19.1 Å². The van der Waals surface area contributed by atoms with Crippen LogP contribution in [-0.4, -0.2) is 10.9 Å². The number of benzene rings is 2. The van der Waals surface area contributed by atoms with Crippen LogP contribution in [0.15, 0.2) is 48.5 Å². The van der Waals surface area contributed by atoms with Gasteiger partial charge in [0.15, 0.2) is 0 Å². The summed E-state index contributed by atoms with van der Waals surface area (Å²) in [6, 6.07) is 15.9. The maximum atomic E-state index is 11.3. The van der Waals surface area contributed by atoms with Crippen LogP contribution in [0.5, 0.6) is 0 Å². The maximum Gasteiger partial charge on any atom is 0.224 e. The Hall–Kier alpha value is -2.20. The molecule has 3 aromatic rings. The lowest BCUT2D eigenvalue weighted by Crippen LogP contribution is -2.08. The molecule has 100 valence electrons. The molecule has 0 saturated heterocycles. The summed E-state index contributed by atoms with van der Waals surface area (Å²) in [5, 5.41) is 3.84. The van der Waals surface area contributed by atoms with E-state index in [1.54, 1.807) is 11.3 Å². The fourth-order valence-corrected chi connectivity index (χ4v) is 2.91. The quantitative estimate of drug-likeness (QED) is 0.777. The average Bonchev–Trinajstić information content (AvgIpc) is 2.91. The van der Waals surface area contributed by atoms with Gasteiger partial charge in [0.2, 0.25) is 5.91 Å². The van der Waals surface area contributed by atoms with E-state index in [0.717, 1.165) is 21.8 Å². The maximum absolute atomic E-state index is 11.3. The Labute approximate surface area is 121 Å². The van der Waals surface area contributed by atoms with Crippen molar-refractivity contribution >= 4 is 33.1 Å². The molecular formula is C16H14N2OS. The zero-order chi connectivity index (χ0) is 13.9. The van der Waals surface area contributed by atoms with Gasteiger partial charge in [-0.25, -0.2) is 4.98 Å². The van der Waals surface area contributed by atoms with Crippen LogP contribution in [0, 0.1) is 0 Å². The minimum absolute atomic E-state index is 0.0257. The van der Waals surface area contributed by atoms with Crippen molar-refractivity contribution in [2.45, 2.75) is 13.3 Å². The van der Waals surface area contributed by atoms with Gasteiger partial charge in [0.05, 0.1) is 10.2 Å². The van der Waals surface area contributed by atoms with Crippen LogP contribution >= 0.6 is 11.3 Å². The molecule has 4 heteroatoms. The zero-order valence-electron chi connectivity index (χ0n) is 11.1. The predicted octanol–water partition coefficient (Wildman–Crippen LogP) is 4.31. The molecule has 1 N–H and O–H groups in total. The van der Waals surface area contributed by atoms with Gasteiger partial charge in [-0.05, 0) is 36.4 Å². The van der Waals surface area contributed by atoms with Gasteiger partial charge in [0.25, 0.3) is 0 Å². The number of aromatic nitrogens is 1. The number of thiazole rings is 1. The Kier molecular flexibility index (Phi) is 3.48. The number of nitrogens with one attached hydrogen (secondary N) is 1. The smallest absolute Gasteiger partial charge is 0.224 e. The molecule has 1 amide bonds. The van der Waals surface area contributed by atoms with E-state index >= 15 is 0 Å². The minimum atomic E-state index is 0.0257. The van der Waals surface area contributed by atoms with Gasteiger partial charge in [0, 0.05) is 17.7 Å². The lowest BCUT2D eigenvalue weighted by molar-refractivity contribution is -0.115. The van der Waals surface area contributed by atoms with E-state index in [1.807, 2.05) is 49.4 Å². The van der Waals surface area contributed by atoms with Crippen LogP contribution in [0.2, 0.25) is 0 Å². The number of hydrogen-bond donors (Lipinski definition) is 1. The first-order chi connectivity index (χ1) is 9.76. The average molecular weight is 282 g/mol. The SMILES string of the molecule is CCC(=O)Nc1ccc(-c2nc3ccccc3s2)cc1. The molecule has 3 nitrogen and oxygen atoms in total. The standard InChI is InChI=1S/C16H14N2OS/c1-2-15(19)17-12-9-7-11(8-10-12)16-18-13-5-3-4-6-14(13)20-16/h3-10H,2H2,1H3,(H,17,19). The topological polar surface area (TPSA) is 42.0 Å². The largest absolute Gasteiger partial charge is 0.326 e. The third-order valence-electron chi connectivity index (χ3n) is 3.03. The number of nitrogens with zero attached hydrogens (tertiary/aromatic N) is 1. The Morgan fingerprint density at radius 1 is 1.15 bits per heavy atom. The summed E-state index contributed by atoms with van der Waals surface area (Å²) in [5.74, 6) is 0.0257. The van der Waals surface area contributed by atoms with Gasteiger partial charge in [-0.2, -0.15) is 0 Å². The Bertz CT molecular complexity index is 714. The highest BCUT2D eigenvalue weighted by molar-refractivity contribution is 7.21. The molecule has 0 atom stereocenters. The van der Waals surface area contributed by atoms with Crippen molar-refractivity contribution < 1.29 is 4.79 Å². The third-order valence-corrected chi connectivity index (χ3v) is 4.12. The Morgan fingerprint density at radius 3 is 2.60 bits per heavy atom. The highest BCUT2D eigenvalue weighted by atomic mass is 32.1. The van der Waals surface area contributed by atoms with E-state index in [1.165, 1.54) is 4.70 Å². The van der Waals surface area contributed by atoms with Crippen LogP contribution in [-0.2, 0) is 4.79 Å². The van der Waals surface area contributed by atoms with Crippen molar-refractivity contribution in [1.29, 1.82) is 0 Å². The highest BCUT2D eigenvalue weighted by Gasteiger charge is 2.06. The van der Waals surface area contributed by atoms with Gasteiger partial charge >= 0.3 is 0 Å². The number of carbonyl (C=O) groups is 1. The summed E-state index contributed by atoms with van der Waals surface area (Å²) < 4.78 is 1.19. The van der Waals surface area contributed by atoms with E-state index in [9.17, 15) is 4.79 Å². The van der Waals surface area contributed by atoms with Crippen molar-refractivity contribution in [2.75, 3.05) is 5.32 Å². The second kappa shape index (κ2) is 5.43. The molecule has 0 aliphatic carbocycles. The molecule has 0 radical (unpaired) electrons. The van der Waals surface area contributed by atoms with Crippen molar-refractivity contribution in [3.63, 3.8) is 0 Å². The monoisotopic (exact) mass is 282 g/mol. The van der Waals surface area contributed by atoms with Crippen LogP contribution in [0.3, 0.4) is 0 Å². The lowest BCUT2D eigenvalue weighted by atomic mass is 10.2. The molecule has 3 rings (SSSR count). The normalized spacial score (nSPS) is 10.7. The van der Waals surface area contributed by atoms with E-state index in [-0.39, 0.29) is 5.91 Å². The third kappa shape index (κ3) is 2.56. The number of anilines is 1. The van der Waals surface area contributed by atoms with Gasteiger partial charge < -0.3 is 5.32 Å². The summed E-state index contributed by atoms with van der Waals surface area (Å²) in [5.41, 5.74) is 2.92.